The molecular formula is C19H22ClN. The molecule has 0 aromatic heterocycles. The second-order valence-electron chi connectivity index (χ2n) is 5.75. The van der Waals surface area contributed by atoms with Gasteiger partial charge in [0, 0.05) is 5.02 Å². The molecule has 0 radical (unpaired) electrons. The van der Waals surface area contributed by atoms with E-state index in [1.807, 2.05) is 12.1 Å². The summed E-state index contributed by atoms with van der Waals surface area (Å²) in [5.74, 6) is 0. The highest BCUT2D eigenvalue weighted by molar-refractivity contribution is 6.31. The molecular weight excluding hydrogens is 278 g/mol. The van der Waals surface area contributed by atoms with E-state index in [0.29, 0.717) is 0 Å². The van der Waals surface area contributed by atoms with Crippen LogP contribution in [0.5, 0.6) is 0 Å². The lowest BCUT2D eigenvalue weighted by Crippen LogP contribution is -2.22. The summed E-state index contributed by atoms with van der Waals surface area (Å²) < 4.78 is 0. The molecule has 0 heterocycles. The Morgan fingerprint density at radius 3 is 2.57 bits per heavy atom. The average Bonchev–Trinajstić information content (AvgIpc) is 2.53. The topological polar surface area (TPSA) is 12.0 Å². The van der Waals surface area contributed by atoms with Crippen LogP contribution in [-0.4, -0.2) is 6.54 Å². The van der Waals surface area contributed by atoms with Crippen LogP contribution in [0, 0.1) is 0 Å². The molecule has 1 atom stereocenters. The molecule has 0 bridgehead atoms. The van der Waals surface area contributed by atoms with Gasteiger partial charge in [-0.3, -0.25) is 0 Å². The summed E-state index contributed by atoms with van der Waals surface area (Å²) >= 11 is 6.41. The van der Waals surface area contributed by atoms with Gasteiger partial charge in [0.2, 0.25) is 0 Å². The van der Waals surface area contributed by atoms with Crippen molar-refractivity contribution >= 4 is 11.6 Å². The van der Waals surface area contributed by atoms with Gasteiger partial charge in [0.1, 0.15) is 0 Å². The Balaban J connectivity index is 1.99. The average molecular weight is 300 g/mol. The fourth-order valence-corrected chi connectivity index (χ4v) is 3.50. The Kier molecular flexibility index (Phi) is 4.62. The van der Waals surface area contributed by atoms with Crippen molar-refractivity contribution in [1.82, 2.24) is 5.32 Å². The van der Waals surface area contributed by atoms with E-state index < -0.39 is 0 Å². The van der Waals surface area contributed by atoms with E-state index in [9.17, 15) is 0 Å². The molecule has 3 rings (SSSR count). The molecule has 0 spiro atoms. The van der Waals surface area contributed by atoms with Crippen LogP contribution in [0.1, 0.15) is 48.1 Å². The third-order valence-corrected chi connectivity index (χ3v) is 4.67. The molecule has 1 N–H and O–H groups in total. The molecule has 2 aromatic rings. The molecule has 0 saturated carbocycles. The fourth-order valence-electron chi connectivity index (χ4n) is 3.25. The minimum absolute atomic E-state index is 0.177. The first kappa shape index (κ1) is 14.6. The van der Waals surface area contributed by atoms with Gasteiger partial charge < -0.3 is 5.32 Å². The van der Waals surface area contributed by atoms with Gasteiger partial charge in [0.05, 0.1) is 6.04 Å². The molecule has 0 aliphatic heterocycles. The Labute approximate surface area is 132 Å². The highest BCUT2D eigenvalue weighted by Gasteiger charge is 2.18. The normalized spacial score (nSPS) is 15.5. The highest BCUT2D eigenvalue weighted by atomic mass is 35.5. The lowest BCUT2D eigenvalue weighted by molar-refractivity contribution is 0.625. The van der Waals surface area contributed by atoms with Crippen molar-refractivity contribution in [3.8, 4) is 0 Å². The van der Waals surface area contributed by atoms with Gasteiger partial charge in [0.25, 0.3) is 0 Å². The quantitative estimate of drug-likeness (QED) is 0.845. The maximum atomic E-state index is 6.41. The van der Waals surface area contributed by atoms with E-state index in [0.717, 1.165) is 17.1 Å². The van der Waals surface area contributed by atoms with Crippen molar-refractivity contribution in [3.05, 3.63) is 69.7 Å². The van der Waals surface area contributed by atoms with Gasteiger partial charge >= 0.3 is 0 Å². The van der Waals surface area contributed by atoms with Crippen LogP contribution in [0.2, 0.25) is 5.02 Å². The van der Waals surface area contributed by atoms with Crippen molar-refractivity contribution in [1.29, 1.82) is 0 Å². The van der Waals surface area contributed by atoms with Crippen LogP contribution < -0.4 is 5.32 Å². The zero-order valence-electron chi connectivity index (χ0n) is 12.5. The summed E-state index contributed by atoms with van der Waals surface area (Å²) in [6.07, 6.45) is 5.08. The van der Waals surface area contributed by atoms with Crippen molar-refractivity contribution in [3.63, 3.8) is 0 Å². The summed E-state index contributed by atoms with van der Waals surface area (Å²) in [5.41, 5.74) is 5.54. The first-order chi connectivity index (χ1) is 10.3. The molecule has 0 saturated heterocycles. The van der Waals surface area contributed by atoms with Crippen LogP contribution in [0.4, 0.5) is 0 Å². The van der Waals surface area contributed by atoms with Crippen molar-refractivity contribution < 1.29 is 0 Å². The van der Waals surface area contributed by atoms with Gasteiger partial charge in [-0.25, -0.2) is 0 Å². The maximum Gasteiger partial charge on any atom is 0.0591 e. The van der Waals surface area contributed by atoms with Gasteiger partial charge in [-0.15, -0.1) is 0 Å². The van der Waals surface area contributed by atoms with Gasteiger partial charge in [-0.05, 0) is 60.5 Å². The Morgan fingerprint density at radius 1 is 1.05 bits per heavy atom. The van der Waals surface area contributed by atoms with E-state index >= 15 is 0 Å². The van der Waals surface area contributed by atoms with Crippen LogP contribution in [0.3, 0.4) is 0 Å². The number of hydrogen-bond donors (Lipinski definition) is 1. The molecule has 2 aromatic carbocycles. The predicted molar refractivity (Wildman–Crippen MR) is 90.1 cm³/mol. The first-order valence-corrected chi connectivity index (χ1v) is 8.27. The number of hydrogen-bond acceptors (Lipinski definition) is 1. The van der Waals surface area contributed by atoms with Gasteiger partial charge in [-0.1, -0.05) is 54.9 Å². The number of benzene rings is 2. The van der Waals surface area contributed by atoms with Gasteiger partial charge in [-0.2, -0.15) is 0 Å². The Morgan fingerprint density at radius 2 is 1.81 bits per heavy atom. The second-order valence-corrected chi connectivity index (χ2v) is 6.15. The minimum atomic E-state index is 0.177. The largest absolute Gasteiger partial charge is 0.306 e. The summed E-state index contributed by atoms with van der Waals surface area (Å²) in [4.78, 5) is 0. The van der Waals surface area contributed by atoms with Crippen LogP contribution in [0.25, 0.3) is 0 Å². The predicted octanol–water partition coefficient (Wildman–Crippen LogP) is 4.92. The monoisotopic (exact) mass is 299 g/mol. The smallest absolute Gasteiger partial charge is 0.0591 e. The minimum Gasteiger partial charge on any atom is -0.306 e. The van der Waals surface area contributed by atoms with Crippen molar-refractivity contribution in [2.24, 2.45) is 0 Å². The molecule has 110 valence electrons. The first-order valence-electron chi connectivity index (χ1n) is 7.89. The second kappa shape index (κ2) is 6.64. The fraction of sp³-hybridized carbons (Fsp3) is 0.368. The summed E-state index contributed by atoms with van der Waals surface area (Å²) in [7, 11) is 0. The zero-order chi connectivity index (χ0) is 14.7. The van der Waals surface area contributed by atoms with Crippen molar-refractivity contribution in [2.45, 2.75) is 38.6 Å². The summed E-state index contributed by atoms with van der Waals surface area (Å²) in [6, 6.07) is 15.3. The van der Waals surface area contributed by atoms with E-state index in [1.54, 1.807) is 0 Å². The Bertz CT molecular complexity index is 621. The number of nitrogens with one attached hydrogen (secondary N) is 1. The maximum absolute atomic E-state index is 6.41. The van der Waals surface area contributed by atoms with E-state index in [1.165, 1.54) is 42.4 Å². The van der Waals surface area contributed by atoms with E-state index in [2.05, 4.69) is 42.6 Å². The standard InChI is InChI=1S/C19H22ClN/c1-2-21-19(17-9-5-6-10-18(17)20)16-12-11-14-7-3-4-8-15(14)13-16/h5-6,9-13,19,21H,2-4,7-8H2,1H3. The highest BCUT2D eigenvalue weighted by Crippen LogP contribution is 2.31. The number of halogens is 1. The molecule has 0 fully saturated rings. The molecule has 2 heteroatoms. The van der Waals surface area contributed by atoms with Crippen LogP contribution >= 0.6 is 11.6 Å². The summed E-state index contributed by atoms with van der Waals surface area (Å²) in [5, 5.41) is 4.41. The molecule has 1 aliphatic carbocycles. The summed E-state index contributed by atoms with van der Waals surface area (Å²) in [6.45, 7) is 3.06. The third-order valence-electron chi connectivity index (χ3n) is 4.33. The third kappa shape index (κ3) is 3.14. The SMILES string of the molecule is CCNC(c1ccc2c(c1)CCCC2)c1ccccc1Cl. The molecule has 21 heavy (non-hydrogen) atoms. The lowest BCUT2D eigenvalue weighted by atomic mass is 9.88. The van der Waals surface area contributed by atoms with Gasteiger partial charge in [0.15, 0.2) is 0 Å². The molecule has 0 amide bonds. The zero-order valence-corrected chi connectivity index (χ0v) is 13.3. The lowest BCUT2D eigenvalue weighted by Gasteiger charge is -2.23. The van der Waals surface area contributed by atoms with Crippen molar-refractivity contribution in [2.75, 3.05) is 6.54 Å². The molecule has 1 aliphatic rings. The number of rotatable bonds is 4. The van der Waals surface area contributed by atoms with Crippen LogP contribution in [-0.2, 0) is 12.8 Å². The molecule has 1 unspecified atom stereocenters. The van der Waals surface area contributed by atoms with E-state index in [-0.39, 0.29) is 6.04 Å². The Hall–Kier alpha value is -1.31. The van der Waals surface area contributed by atoms with Crippen LogP contribution in [0.15, 0.2) is 42.5 Å². The number of aryl methyl sites for hydroxylation is 2. The molecule has 1 nitrogen and oxygen atoms in total. The van der Waals surface area contributed by atoms with E-state index in [4.69, 9.17) is 11.6 Å². The number of fused-ring (bicyclic) bond motifs is 1.